The smallest absolute Gasteiger partial charge is 0.274 e. The maximum absolute atomic E-state index is 12.8. The van der Waals surface area contributed by atoms with Gasteiger partial charge < -0.3 is 5.32 Å². The SMILES string of the molecule is Cc1c(NC(=O)c2ccc3c(c2)C(=O)N(Cc2cccnc2)C3=O)cccc1[N+](=O)[O-]. The van der Waals surface area contributed by atoms with Crippen molar-refractivity contribution in [1.29, 1.82) is 0 Å². The van der Waals surface area contributed by atoms with Crippen LogP contribution in [0.2, 0.25) is 0 Å². The van der Waals surface area contributed by atoms with Gasteiger partial charge in [0, 0.05) is 24.0 Å². The topological polar surface area (TPSA) is 123 Å². The number of hydrogen-bond donors (Lipinski definition) is 1. The zero-order valence-corrected chi connectivity index (χ0v) is 16.4. The van der Waals surface area contributed by atoms with Crippen molar-refractivity contribution < 1.29 is 19.3 Å². The van der Waals surface area contributed by atoms with Gasteiger partial charge in [0.1, 0.15) is 0 Å². The monoisotopic (exact) mass is 416 g/mol. The van der Waals surface area contributed by atoms with Crippen molar-refractivity contribution >= 4 is 29.1 Å². The van der Waals surface area contributed by atoms with Gasteiger partial charge in [-0.15, -0.1) is 0 Å². The molecule has 154 valence electrons. The lowest BCUT2D eigenvalue weighted by Crippen LogP contribution is -2.29. The Kier molecular flexibility index (Phi) is 5.00. The van der Waals surface area contributed by atoms with Crippen LogP contribution in [0.4, 0.5) is 11.4 Å². The standard InChI is InChI=1S/C22H16N4O5/c1-13-18(5-2-6-19(13)26(30)31)24-20(27)15-7-8-16-17(10-15)22(29)25(21(16)28)12-14-4-3-9-23-11-14/h2-11H,12H2,1H3,(H,24,27). The number of imide groups is 1. The second kappa shape index (κ2) is 7.79. The van der Waals surface area contributed by atoms with Crippen LogP contribution in [-0.2, 0) is 6.54 Å². The molecule has 0 aliphatic carbocycles. The Labute approximate surface area is 176 Å². The highest BCUT2D eigenvalue weighted by molar-refractivity contribution is 6.22. The highest BCUT2D eigenvalue weighted by Gasteiger charge is 2.36. The van der Waals surface area contributed by atoms with Crippen LogP contribution in [0.15, 0.2) is 60.9 Å². The van der Waals surface area contributed by atoms with E-state index in [1.54, 1.807) is 30.6 Å². The van der Waals surface area contributed by atoms with Crippen LogP contribution < -0.4 is 5.32 Å². The zero-order chi connectivity index (χ0) is 22.1. The minimum Gasteiger partial charge on any atom is -0.321 e. The molecule has 1 N–H and O–H groups in total. The molecule has 1 aromatic heterocycles. The van der Waals surface area contributed by atoms with Gasteiger partial charge in [-0.3, -0.25) is 34.4 Å². The summed E-state index contributed by atoms with van der Waals surface area (Å²) in [7, 11) is 0. The second-order valence-corrected chi connectivity index (χ2v) is 6.98. The number of rotatable bonds is 5. The Morgan fingerprint density at radius 2 is 1.87 bits per heavy atom. The van der Waals surface area contributed by atoms with Gasteiger partial charge in [0.05, 0.1) is 33.8 Å². The van der Waals surface area contributed by atoms with E-state index in [-0.39, 0.29) is 28.9 Å². The van der Waals surface area contributed by atoms with Crippen LogP contribution in [0, 0.1) is 17.0 Å². The van der Waals surface area contributed by atoms with E-state index in [1.807, 2.05) is 0 Å². The van der Waals surface area contributed by atoms with Crippen molar-refractivity contribution in [2.45, 2.75) is 13.5 Å². The molecule has 0 fully saturated rings. The Morgan fingerprint density at radius 3 is 2.58 bits per heavy atom. The van der Waals surface area contributed by atoms with Crippen LogP contribution in [-0.4, -0.2) is 32.5 Å². The highest BCUT2D eigenvalue weighted by atomic mass is 16.6. The minimum atomic E-state index is -0.544. The number of nitrogens with one attached hydrogen (secondary N) is 1. The van der Waals surface area contributed by atoms with Gasteiger partial charge in [-0.2, -0.15) is 0 Å². The number of nitro benzene ring substituents is 1. The fraction of sp³-hybridized carbons (Fsp3) is 0.0909. The predicted octanol–water partition coefficient (Wildman–Crippen LogP) is 3.35. The van der Waals surface area contributed by atoms with E-state index in [0.29, 0.717) is 16.8 Å². The molecule has 9 heteroatoms. The van der Waals surface area contributed by atoms with Gasteiger partial charge in [0.15, 0.2) is 0 Å². The molecule has 31 heavy (non-hydrogen) atoms. The summed E-state index contributed by atoms with van der Waals surface area (Å²) >= 11 is 0. The third-order valence-electron chi connectivity index (χ3n) is 5.05. The summed E-state index contributed by atoms with van der Waals surface area (Å²) in [4.78, 5) is 53.8. The molecule has 9 nitrogen and oxygen atoms in total. The Balaban J connectivity index is 1.58. The first-order valence-corrected chi connectivity index (χ1v) is 9.31. The van der Waals surface area contributed by atoms with E-state index >= 15 is 0 Å². The maximum Gasteiger partial charge on any atom is 0.274 e. The molecule has 0 saturated carbocycles. The van der Waals surface area contributed by atoms with Gasteiger partial charge >= 0.3 is 0 Å². The zero-order valence-electron chi connectivity index (χ0n) is 16.4. The summed E-state index contributed by atoms with van der Waals surface area (Å²) in [6.45, 7) is 1.61. The van der Waals surface area contributed by atoms with Gasteiger partial charge in [0.2, 0.25) is 0 Å². The summed E-state index contributed by atoms with van der Waals surface area (Å²) in [5.74, 6) is -1.48. The lowest BCUT2D eigenvalue weighted by Gasteiger charge is -2.13. The van der Waals surface area contributed by atoms with Crippen LogP contribution >= 0.6 is 0 Å². The number of pyridine rings is 1. The van der Waals surface area contributed by atoms with E-state index in [9.17, 15) is 24.5 Å². The van der Waals surface area contributed by atoms with Crippen LogP contribution in [0.1, 0.15) is 42.2 Å². The molecule has 3 aromatic rings. The lowest BCUT2D eigenvalue weighted by atomic mass is 10.0. The molecule has 0 atom stereocenters. The van der Waals surface area contributed by atoms with E-state index in [4.69, 9.17) is 0 Å². The largest absolute Gasteiger partial charge is 0.321 e. The Bertz CT molecular complexity index is 1240. The molecular weight excluding hydrogens is 400 g/mol. The Hall–Kier alpha value is -4.40. The quantitative estimate of drug-likeness (QED) is 0.387. The number of carbonyl (C=O) groups excluding carboxylic acids is 3. The molecule has 3 amide bonds. The third kappa shape index (κ3) is 3.64. The number of benzene rings is 2. The van der Waals surface area contributed by atoms with E-state index < -0.39 is 22.6 Å². The van der Waals surface area contributed by atoms with Crippen LogP contribution in [0.25, 0.3) is 0 Å². The average molecular weight is 416 g/mol. The summed E-state index contributed by atoms with van der Waals surface area (Å²) < 4.78 is 0. The maximum atomic E-state index is 12.8. The number of amides is 3. The van der Waals surface area contributed by atoms with Gasteiger partial charge in [-0.05, 0) is 42.8 Å². The van der Waals surface area contributed by atoms with E-state index in [0.717, 1.165) is 4.90 Å². The summed E-state index contributed by atoms with van der Waals surface area (Å²) in [5.41, 5.74) is 1.72. The molecule has 0 saturated heterocycles. The third-order valence-corrected chi connectivity index (χ3v) is 5.05. The fourth-order valence-corrected chi connectivity index (χ4v) is 3.40. The summed E-state index contributed by atoms with van der Waals surface area (Å²) in [6.07, 6.45) is 3.17. The lowest BCUT2D eigenvalue weighted by molar-refractivity contribution is -0.385. The number of nitro groups is 1. The Morgan fingerprint density at radius 1 is 1.10 bits per heavy atom. The van der Waals surface area contributed by atoms with Crippen molar-refractivity contribution in [2.75, 3.05) is 5.32 Å². The summed E-state index contributed by atoms with van der Waals surface area (Å²) in [6, 6.07) is 12.1. The first-order chi connectivity index (χ1) is 14.9. The molecule has 1 aliphatic rings. The number of aromatic nitrogens is 1. The normalized spacial score (nSPS) is 12.6. The number of carbonyl (C=O) groups is 3. The fourth-order valence-electron chi connectivity index (χ4n) is 3.40. The van der Waals surface area contributed by atoms with Gasteiger partial charge in [0.25, 0.3) is 23.4 Å². The van der Waals surface area contributed by atoms with Crippen LogP contribution in [0.3, 0.4) is 0 Å². The second-order valence-electron chi connectivity index (χ2n) is 6.98. The molecule has 0 unspecified atom stereocenters. The highest BCUT2D eigenvalue weighted by Crippen LogP contribution is 2.28. The van der Waals surface area contributed by atoms with Crippen LogP contribution in [0.5, 0.6) is 0 Å². The average Bonchev–Trinajstić information content (AvgIpc) is 3.00. The number of fused-ring (bicyclic) bond motifs is 1. The molecule has 4 rings (SSSR count). The molecule has 2 heterocycles. The molecule has 2 aromatic carbocycles. The van der Waals surface area contributed by atoms with Crippen molar-refractivity contribution in [3.63, 3.8) is 0 Å². The first-order valence-electron chi connectivity index (χ1n) is 9.31. The van der Waals surface area contributed by atoms with Crippen molar-refractivity contribution in [3.8, 4) is 0 Å². The molecule has 1 aliphatic heterocycles. The summed E-state index contributed by atoms with van der Waals surface area (Å²) in [5, 5.41) is 13.7. The molecular formula is C22H16N4O5. The molecule has 0 radical (unpaired) electrons. The number of anilines is 1. The van der Waals surface area contributed by atoms with E-state index in [1.165, 1.54) is 37.3 Å². The minimum absolute atomic E-state index is 0.0780. The van der Waals surface area contributed by atoms with Crippen molar-refractivity contribution in [1.82, 2.24) is 9.88 Å². The molecule has 0 bridgehead atoms. The predicted molar refractivity (Wildman–Crippen MR) is 111 cm³/mol. The van der Waals surface area contributed by atoms with Gasteiger partial charge in [-0.1, -0.05) is 12.1 Å². The van der Waals surface area contributed by atoms with E-state index in [2.05, 4.69) is 10.3 Å². The molecule has 0 spiro atoms. The number of nitrogens with zero attached hydrogens (tertiary/aromatic N) is 3. The first kappa shape index (κ1) is 19.9. The van der Waals surface area contributed by atoms with Crippen molar-refractivity contribution in [3.05, 3.63) is 98.9 Å². The van der Waals surface area contributed by atoms with Crippen molar-refractivity contribution in [2.24, 2.45) is 0 Å². The van der Waals surface area contributed by atoms with Gasteiger partial charge in [-0.25, -0.2) is 0 Å². The number of hydrogen-bond acceptors (Lipinski definition) is 6.